The molecular formula is C9H5IN2O2. The summed E-state index contributed by atoms with van der Waals surface area (Å²) in [6, 6.07) is 3.69. The van der Waals surface area contributed by atoms with Gasteiger partial charge in [-0.3, -0.25) is 0 Å². The lowest BCUT2D eigenvalue weighted by molar-refractivity contribution is 0.561. The Morgan fingerprint density at radius 3 is 2.50 bits per heavy atom. The van der Waals surface area contributed by atoms with Gasteiger partial charge in [0, 0.05) is 41.6 Å². The van der Waals surface area contributed by atoms with Gasteiger partial charge < -0.3 is 8.83 Å². The van der Waals surface area contributed by atoms with Gasteiger partial charge in [0.25, 0.3) is 3.90 Å². The van der Waals surface area contributed by atoms with Gasteiger partial charge in [0.15, 0.2) is 17.1 Å². The largest absolute Gasteiger partial charge is 0.441 e. The van der Waals surface area contributed by atoms with Gasteiger partial charge in [-0.1, -0.05) is 0 Å². The SMILES string of the molecule is Cc1nc2cc3oc(I)nc3cc2o1. The Hall–Kier alpha value is -1.11. The van der Waals surface area contributed by atoms with Crippen molar-refractivity contribution in [2.24, 2.45) is 0 Å². The Morgan fingerprint density at radius 2 is 1.71 bits per heavy atom. The lowest BCUT2D eigenvalue weighted by Gasteiger charge is -1.84. The smallest absolute Gasteiger partial charge is 0.258 e. The summed E-state index contributed by atoms with van der Waals surface area (Å²) in [7, 11) is 0. The van der Waals surface area contributed by atoms with Crippen molar-refractivity contribution < 1.29 is 8.83 Å². The van der Waals surface area contributed by atoms with Gasteiger partial charge in [0.2, 0.25) is 0 Å². The maximum Gasteiger partial charge on any atom is 0.258 e. The molecule has 2 aromatic heterocycles. The van der Waals surface area contributed by atoms with Crippen molar-refractivity contribution in [2.45, 2.75) is 6.92 Å². The fraction of sp³-hybridized carbons (Fsp3) is 0.111. The van der Waals surface area contributed by atoms with Crippen LogP contribution in [-0.2, 0) is 0 Å². The Kier molecular flexibility index (Phi) is 1.58. The van der Waals surface area contributed by atoms with Crippen molar-refractivity contribution in [3.8, 4) is 0 Å². The molecule has 4 nitrogen and oxygen atoms in total. The van der Waals surface area contributed by atoms with Gasteiger partial charge in [-0.25, -0.2) is 9.97 Å². The average molecular weight is 300 g/mol. The Bertz CT molecular complexity index is 523. The average Bonchev–Trinajstić information content (AvgIpc) is 2.59. The summed E-state index contributed by atoms with van der Waals surface area (Å²) in [4.78, 5) is 8.42. The molecule has 0 fully saturated rings. The van der Waals surface area contributed by atoms with Gasteiger partial charge >= 0.3 is 0 Å². The summed E-state index contributed by atoms with van der Waals surface area (Å²) in [6.07, 6.45) is 0. The summed E-state index contributed by atoms with van der Waals surface area (Å²) < 4.78 is 11.4. The topological polar surface area (TPSA) is 52.1 Å². The molecule has 0 N–H and O–H groups in total. The molecule has 0 radical (unpaired) electrons. The number of benzene rings is 1. The second-order valence-corrected chi connectivity index (χ2v) is 3.91. The summed E-state index contributed by atoms with van der Waals surface area (Å²) in [5, 5.41) is 0. The van der Waals surface area contributed by atoms with Gasteiger partial charge in [-0.2, -0.15) is 0 Å². The molecule has 0 aliphatic rings. The highest BCUT2D eigenvalue weighted by molar-refractivity contribution is 14.1. The minimum Gasteiger partial charge on any atom is -0.441 e. The Morgan fingerprint density at radius 1 is 1.07 bits per heavy atom. The van der Waals surface area contributed by atoms with Crippen LogP contribution in [0.1, 0.15) is 5.89 Å². The molecule has 0 atom stereocenters. The standard InChI is InChI=1S/C9H5IN2O2/c1-4-11-5-2-8-6(3-7(5)13-4)12-9(10)14-8/h2-3H,1H3. The number of aromatic nitrogens is 2. The van der Waals surface area contributed by atoms with E-state index in [0.29, 0.717) is 9.79 Å². The number of hydrogen-bond acceptors (Lipinski definition) is 4. The van der Waals surface area contributed by atoms with Crippen molar-refractivity contribution in [1.82, 2.24) is 9.97 Å². The van der Waals surface area contributed by atoms with Gasteiger partial charge in [-0.15, -0.1) is 0 Å². The lowest BCUT2D eigenvalue weighted by Crippen LogP contribution is -1.70. The summed E-state index contributed by atoms with van der Waals surface area (Å²) in [5.41, 5.74) is 3.11. The molecule has 0 spiro atoms. The number of oxazole rings is 2. The van der Waals surface area contributed by atoms with Crippen LogP contribution in [0.2, 0.25) is 0 Å². The van der Waals surface area contributed by atoms with Crippen LogP contribution in [0.4, 0.5) is 0 Å². The van der Waals surface area contributed by atoms with Crippen LogP contribution < -0.4 is 0 Å². The summed E-state index contributed by atoms with van der Waals surface area (Å²) in [5.74, 6) is 0.655. The molecule has 0 aliphatic carbocycles. The van der Waals surface area contributed by atoms with E-state index in [1.807, 2.05) is 41.6 Å². The van der Waals surface area contributed by atoms with E-state index < -0.39 is 0 Å². The van der Waals surface area contributed by atoms with Crippen molar-refractivity contribution in [1.29, 1.82) is 0 Å². The maximum atomic E-state index is 5.39. The molecule has 3 aromatic rings. The van der Waals surface area contributed by atoms with Gasteiger partial charge in [0.1, 0.15) is 11.0 Å². The molecule has 0 aliphatic heterocycles. The first kappa shape index (κ1) is 8.22. The van der Waals surface area contributed by atoms with Gasteiger partial charge in [0.05, 0.1) is 0 Å². The van der Waals surface area contributed by atoms with Crippen molar-refractivity contribution in [2.75, 3.05) is 0 Å². The van der Waals surface area contributed by atoms with E-state index in [2.05, 4.69) is 9.97 Å². The number of fused-ring (bicyclic) bond motifs is 2. The van der Waals surface area contributed by atoms with Crippen LogP contribution in [-0.4, -0.2) is 9.97 Å². The van der Waals surface area contributed by atoms with E-state index in [9.17, 15) is 0 Å². The first-order valence-electron chi connectivity index (χ1n) is 4.05. The number of hydrogen-bond donors (Lipinski definition) is 0. The third-order valence-corrected chi connectivity index (χ3v) is 2.44. The normalized spacial score (nSPS) is 11.6. The summed E-state index contributed by atoms with van der Waals surface area (Å²) in [6.45, 7) is 1.82. The van der Waals surface area contributed by atoms with E-state index in [1.165, 1.54) is 0 Å². The van der Waals surface area contributed by atoms with Crippen molar-refractivity contribution in [3.63, 3.8) is 0 Å². The third kappa shape index (κ3) is 1.12. The zero-order valence-corrected chi connectivity index (χ0v) is 9.40. The van der Waals surface area contributed by atoms with Crippen LogP contribution >= 0.6 is 22.6 Å². The predicted octanol–water partition coefficient (Wildman–Crippen LogP) is 2.88. The minimum absolute atomic E-state index is 0.627. The maximum absolute atomic E-state index is 5.39. The minimum atomic E-state index is 0.627. The second kappa shape index (κ2) is 2.69. The number of rotatable bonds is 0. The zero-order valence-electron chi connectivity index (χ0n) is 7.24. The van der Waals surface area contributed by atoms with E-state index >= 15 is 0 Å². The third-order valence-electron chi connectivity index (χ3n) is 1.98. The van der Waals surface area contributed by atoms with E-state index in [-0.39, 0.29) is 0 Å². The number of halogens is 1. The molecule has 70 valence electrons. The highest BCUT2D eigenvalue weighted by Crippen LogP contribution is 2.24. The van der Waals surface area contributed by atoms with Crippen molar-refractivity contribution >= 4 is 44.8 Å². The fourth-order valence-corrected chi connectivity index (χ4v) is 1.93. The molecule has 1 aromatic carbocycles. The van der Waals surface area contributed by atoms with Crippen LogP contribution in [0.3, 0.4) is 0 Å². The van der Waals surface area contributed by atoms with Crippen LogP contribution in [0.5, 0.6) is 0 Å². The molecule has 0 unspecified atom stereocenters. The highest BCUT2D eigenvalue weighted by Gasteiger charge is 2.08. The Balaban J connectivity index is 2.49. The molecule has 5 heteroatoms. The quantitative estimate of drug-likeness (QED) is 0.599. The monoisotopic (exact) mass is 300 g/mol. The molecule has 0 saturated heterocycles. The molecule has 3 rings (SSSR count). The second-order valence-electron chi connectivity index (χ2n) is 2.99. The van der Waals surface area contributed by atoms with E-state index in [4.69, 9.17) is 8.83 Å². The first-order valence-corrected chi connectivity index (χ1v) is 5.13. The molecule has 0 bridgehead atoms. The van der Waals surface area contributed by atoms with E-state index in [1.54, 1.807) is 0 Å². The number of nitrogens with zero attached hydrogens (tertiary/aromatic N) is 2. The summed E-state index contributed by atoms with van der Waals surface area (Å²) >= 11 is 2.04. The zero-order chi connectivity index (χ0) is 9.71. The van der Waals surface area contributed by atoms with E-state index in [0.717, 1.165) is 22.2 Å². The highest BCUT2D eigenvalue weighted by atomic mass is 127. The predicted molar refractivity (Wildman–Crippen MR) is 59.0 cm³/mol. The Labute approximate surface area is 92.4 Å². The van der Waals surface area contributed by atoms with Crippen LogP contribution in [0.15, 0.2) is 21.0 Å². The van der Waals surface area contributed by atoms with Crippen LogP contribution in [0.25, 0.3) is 22.2 Å². The molecule has 2 heterocycles. The van der Waals surface area contributed by atoms with Crippen LogP contribution in [0, 0.1) is 10.8 Å². The molecule has 14 heavy (non-hydrogen) atoms. The first-order chi connectivity index (χ1) is 6.72. The lowest BCUT2D eigenvalue weighted by atomic mass is 10.3. The molecule has 0 saturated carbocycles. The van der Waals surface area contributed by atoms with Gasteiger partial charge in [-0.05, 0) is 0 Å². The molecular weight excluding hydrogens is 295 g/mol. The fourth-order valence-electron chi connectivity index (χ4n) is 1.44. The molecule has 0 amide bonds. The van der Waals surface area contributed by atoms with Crippen molar-refractivity contribution in [3.05, 3.63) is 21.9 Å². The number of aryl methyl sites for hydroxylation is 1.